The first-order valence-corrected chi connectivity index (χ1v) is 20.6. The zero-order chi connectivity index (χ0) is 43.1. The molecule has 320 valence electrons. The maximum Gasteiger partial charge on any atom is 0.407 e. The van der Waals surface area contributed by atoms with Crippen LogP contribution in [-0.2, 0) is 25.7 Å². The van der Waals surface area contributed by atoms with E-state index in [4.69, 9.17) is 18.6 Å². The normalized spacial score (nSPS) is 18.1. The number of carbonyl (C=O) groups excluding carboxylic acids is 4. The number of carbonyl (C=O) groups is 4. The molecule has 6 heterocycles. The number of aromatic nitrogens is 4. The smallest absolute Gasteiger partial charge is 0.407 e. The van der Waals surface area contributed by atoms with E-state index in [0.717, 1.165) is 47.0 Å². The number of methoxy groups -OCH3 is 2. The molecule has 0 unspecified atom stereocenters. The lowest BCUT2D eigenvalue weighted by molar-refractivity contribution is -0.136. The van der Waals surface area contributed by atoms with Crippen LogP contribution in [-0.4, -0.2) is 93.1 Å². The number of amides is 4. The monoisotopic (exact) mass is 834 g/mol. The molecule has 0 spiro atoms. The van der Waals surface area contributed by atoms with Crippen LogP contribution in [0.5, 0.6) is 5.75 Å². The molecule has 0 bridgehead atoms. The van der Waals surface area contributed by atoms with E-state index in [1.165, 1.54) is 14.2 Å². The van der Waals surface area contributed by atoms with Crippen molar-refractivity contribution in [1.29, 1.82) is 0 Å². The van der Waals surface area contributed by atoms with E-state index in [-0.39, 0.29) is 42.3 Å². The average molecular weight is 835 g/mol. The summed E-state index contributed by atoms with van der Waals surface area (Å²) >= 11 is 0. The van der Waals surface area contributed by atoms with Crippen LogP contribution in [0.3, 0.4) is 0 Å². The highest BCUT2D eigenvalue weighted by molar-refractivity contribution is 5.92. The highest BCUT2D eigenvalue weighted by Crippen LogP contribution is 2.42. The van der Waals surface area contributed by atoms with Crippen molar-refractivity contribution in [3.05, 3.63) is 76.4 Å². The van der Waals surface area contributed by atoms with Gasteiger partial charge in [0.05, 0.1) is 55.6 Å². The van der Waals surface area contributed by atoms with Crippen LogP contribution < -0.4 is 21.0 Å². The molecule has 0 aliphatic carbocycles. The minimum absolute atomic E-state index is 0.146. The van der Waals surface area contributed by atoms with Gasteiger partial charge in [-0.3, -0.25) is 9.59 Å². The summed E-state index contributed by atoms with van der Waals surface area (Å²) in [5.41, 5.74) is 4.66. The van der Waals surface area contributed by atoms with Gasteiger partial charge in [-0.2, -0.15) is 0 Å². The minimum Gasteiger partial charge on any atom is -0.488 e. The molecule has 0 radical (unpaired) electrons. The lowest BCUT2D eigenvalue weighted by atomic mass is 9.94. The Hall–Kier alpha value is -6.65. The minimum atomic E-state index is -0.740. The second kappa shape index (κ2) is 16.8. The molecule has 17 nitrogen and oxygen atoms in total. The fourth-order valence-corrected chi connectivity index (χ4v) is 8.71. The summed E-state index contributed by atoms with van der Waals surface area (Å²) in [5, 5.41) is 6.10. The van der Waals surface area contributed by atoms with Crippen LogP contribution in [0, 0.1) is 11.8 Å². The zero-order valence-corrected chi connectivity index (χ0v) is 35.0. The van der Waals surface area contributed by atoms with E-state index >= 15 is 0 Å². The summed E-state index contributed by atoms with van der Waals surface area (Å²) < 4.78 is 21.8. The van der Waals surface area contributed by atoms with Crippen molar-refractivity contribution >= 4 is 35.0 Å². The van der Waals surface area contributed by atoms with Crippen LogP contribution in [0.15, 0.2) is 58.0 Å². The van der Waals surface area contributed by atoms with Crippen molar-refractivity contribution in [3.8, 4) is 39.4 Å². The van der Waals surface area contributed by atoms with Gasteiger partial charge in [-0.05, 0) is 55.7 Å². The molecule has 3 aliphatic heterocycles. The molecule has 4 amide bonds. The van der Waals surface area contributed by atoms with Gasteiger partial charge in [0.25, 0.3) is 0 Å². The number of nitrogens with one attached hydrogen (secondary N) is 4. The molecule has 17 heteroatoms. The van der Waals surface area contributed by atoms with Crippen LogP contribution in [0.2, 0.25) is 0 Å². The molecule has 0 saturated carbocycles. The Bertz CT molecular complexity index is 2560. The van der Waals surface area contributed by atoms with E-state index in [1.54, 1.807) is 28.3 Å². The van der Waals surface area contributed by atoms with Gasteiger partial charge in [-0.15, -0.1) is 0 Å². The molecule has 2 saturated heterocycles. The quantitative estimate of drug-likeness (QED) is 0.116. The predicted molar refractivity (Wildman–Crippen MR) is 223 cm³/mol. The topological polar surface area (TPSA) is 214 Å². The maximum atomic E-state index is 13.7. The number of aromatic amines is 2. The highest BCUT2D eigenvalue weighted by atomic mass is 16.5. The Morgan fingerprint density at radius 3 is 1.82 bits per heavy atom. The SMILES string of the molecule is COC(=O)N[C@H](C(=O)N1CCC[C@H]1c1ncc(-c2ccc3c(c2)OCc2c-3c(=O)oc3cc(-c4cnc([C@@H]5CCCN5C(=O)[C@@H](NC(=O)OC)C(C)C)[nH]4)ccc23)[nH]1)C(C)C. The molecule has 4 N–H and O–H groups in total. The van der Waals surface area contributed by atoms with E-state index < -0.39 is 29.9 Å². The molecule has 8 rings (SSSR count). The number of nitrogens with zero attached hydrogens (tertiary/aromatic N) is 4. The zero-order valence-electron chi connectivity index (χ0n) is 35.0. The third-order valence-electron chi connectivity index (χ3n) is 11.9. The summed E-state index contributed by atoms with van der Waals surface area (Å²) in [5.74, 6) is 1.13. The standard InChI is InChI=1S/C44H50N8O9/c1-22(2)36(49-43(56)58-5)40(53)51-15-7-9-31(51)38-45-19-29(47-38)24-12-14-27-33(17-24)60-21-28-26-13-11-25(18-34(26)61-42(55)35(27)28)30-20-46-39(48-30)32-10-8-16-52(32)41(54)37(23(3)4)50-44(57)59-6/h11-14,17-20,22-23,31-32,36-37H,7-10,15-16,21H2,1-6H3,(H,45,47)(H,46,48)(H,49,56)(H,50,57)/t31-,32-,36-,37-/m0/s1. The van der Waals surface area contributed by atoms with E-state index in [9.17, 15) is 24.0 Å². The number of rotatable bonds is 10. The molecule has 2 aromatic carbocycles. The summed E-state index contributed by atoms with van der Waals surface area (Å²) in [6.45, 7) is 8.73. The van der Waals surface area contributed by atoms with Crippen molar-refractivity contribution in [1.82, 2.24) is 40.4 Å². The van der Waals surface area contributed by atoms with Crippen molar-refractivity contribution in [2.75, 3.05) is 27.3 Å². The number of fused-ring (bicyclic) bond motifs is 5. The van der Waals surface area contributed by atoms with Gasteiger partial charge in [0.15, 0.2) is 0 Å². The van der Waals surface area contributed by atoms with Crippen LogP contribution in [0.4, 0.5) is 9.59 Å². The van der Waals surface area contributed by atoms with E-state index in [1.807, 2.05) is 58.0 Å². The molecule has 2 fully saturated rings. The number of alkyl carbamates (subject to hydrolysis) is 2. The van der Waals surface area contributed by atoms with Gasteiger partial charge in [-0.25, -0.2) is 24.4 Å². The molecule has 3 aliphatic rings. The van der Waals surface area contributed by atoms with Gasteiger partial charge in [-0.1, -0.05) is 45.9 Å². The largest absolute Gasteiger partial charge is 0.488 e. The maximum absolute atomic E-state index is 13.7. The Kier molecular flexibility index (Phi) is 11.3. The van der Waals surface area contributed by atoms with Gasteiger partial charge in [0.1, 0.15) is 41.7 Å². The molecular weight excluding hydrogens is 785 g/mol. The fraction of sp³-hybridized carbons (Fsp3) is 0.432. The number of likely N-dealkylation sites (tertiary alicyclic amines) is 2. The highest BCUT2D eigenvalue weighted by Gasteiger charge is 2.39. The first-order valence-electron chi connectivity index (χ1n) is 20.6. The average Bonchev–Trinajstić information content (AvgIpc) is 4.10. The van der Waals surface area contributed by atoms with Crippen molar-refractivity contribution in [3.63, 3.8) is 0 Å². The first-order chi connectivity index (χ1) is 29.4. The molecule has 5 aromatic rings. The lowest BCUT2D eigenvalue weighted by Gasteiger charge is -2.30. The Morgan fingerprint density at radius 1 is 0.770 bits per heavy atom. The third-order valence-corrected chi connectivity index (χ3v) is 11.9. The number of benzene rings is 2. The second-order valence-electron chi connectivity index (χ2n) is 16.4. The molecular formula is C44H50N8O9. The molecule has 61 heavy (non-hydrogen) atoms. The van der Waals surface area contributed by atoms with Gasteiger partial charge in [0.2, 0.25) is 11.8 Å². The second-order valence-corrected chi connectivity index (χ2v) is 16.4. The van der Waals surface area contributed by atoms with E-state index in [0.29, 0.717) is 59.3 Å². The lowest BCUT2D eigenvalue weighted by Crippen LogP contribution is -2.51. The summed E-state index contributed by atoms with van der Waals surface area (Å²) in [7, 11) is 2.54. The van der Waals surface area contributed by atoms with Crippen LogP contribution in [0.25, 0.3) is 44.6 Å². The van der Waals surface area contributed by atoms with E-state index in [2.05, 4.69) is 30.6 Å². The molecule has 4 atom stereocenters. The number of imidazole rings is 2. The first kappa shape index (κ1) is 41.1. The number of hydrogen-bond acceptors (Lipinski definition) is 11. The van der Waals surface area contributed by atoms with Crippen molar-refractivity contribution in [2.45, 2.75) is 84.2 Å². The number of H-pyrrole nitrogens is 2. The predicted octanol–water partition coefficient (Wildman–Crippen LogP) is 6.22. The number of ether oxygens (including phenoxy) is 3. The third kappa shape index (κ3) is 7.79. The molecule has 3 aromatic heterocycles. The van der Waals surface area contributed by atoms with Crippen molar-refractivity contribution < 1.29 is 37.8 Å². The summed E-state index contributed by atoms with van der Waals surface area (Å²) in [6, 6.07) is 9.17. The van der Waals surface area contributed by atoms with Gasteiger partial charge >= 0.3 is 17.8 Å². The summed E-state index contributed by atoms with van der Waals surface area (Å²) in [6.07, 6.45) is 5.14. The van der Waals surface area contributed by atoms with Gasteiger partial charge in [0, 0.05) is 40.7 Å². The van der Waals surface area contributed by atoms with Crippen LogP contribution >= 0.6 is 0 Å². The Labute approximate surface area is 351 Å². The Balaban J connectivity index is 1.01. The summed E-state index contributed by atoms with van der Waals surface area (Å²) in [4.78, 5) is 84.6. The fourth-order valence-electron chi connectivity index (χ4n) is 8.71. The number of hydrogen-bond donors (Lipinski definition) is 4. The van der Waals surface area contributed by atoms with Crippen LogP contribution in [0.1, 0.15) is 82.7 Å². The Morgan fingerprint density at radius 2 is 1.30 bits per heavy atom. The van der Waals surface area contributed by atoms with Gasteiger partial charge < -0.3 is 49.0 Å². The van der Waals surface area contributed by atoms with Crippen molar-refractivity contribution in [2.24, 2.45) is 11.8 Å².